The topological polar surface area (TPSA) is 38.1 Å². The van der Waals surface area contributed by atoms with E-state index in [0.29, 0.717) is 23.9 Å². The Balaban J connectivity index is 1.95. The summed E-state index contributed by atoms with van der Waals surface area (Å²) in [5.41, 5.74) is 1.75. The van der Waals surface area contributed by atoms with Crippen molar-refractivity contribution in [1.82, 2.24) is 14.5 Å². The van der Waals surface area contributed by atoms with Crippen LogP contribution in [0.4, 0.5) is 0 Å². The van der Waals surface area contributed by atoms with Gasteiger partial charge in [0, 0.05) is 30.4 Å². The molecule has 0 saturated carbocycles. The van der Waals surface area contributed by atoms with E-state index < -0.39 is 0 Å². The van der Waals surface area contributed by atoms with Gasteiger partial charge in [0.05, 0.1) is 11.0 Å². The van der Waals surface area contributed by atoms with E-state index in [0.717, 1.165) is 42.8 Å². The number of aryl methyl sites for hydroxylation is 1. The molecule has 1 aromatic heterocycles. The Morgan fingerprint density at radius 3 is 2.76 bits per heavy atom. The van der Waals surface area contributed by atoms with Crippen LogP contribution in [-0.4, -0.2) is 39.3 Å². The second kappa shape index (κ2) is 6.24. The van der Waals surface area contributed by atoms with Crippen LogP contribution in [0, 0.1) is 0 Å². The zero-order valence-corrected chi connectivity index (χ0v) is 13.2. The number of aromatic nitrogens is 2. The lowest BCUT2D eigenvalue weighted by Crippen LogP contribution is -2.31. The fourth-order valence-corrected chi connectivity index (χ4v) is 3.13. The molecule has 0 N–H and O–H groups in total. The minimum Gasteiger partial charge on any atom is -0.341 e. The van der Waals surface area contributed by atoms with Gasteiger partial charge in [0.25, 0.3) is 0 Å². The van der Waals surface area contributed by atoms with Gasteiger partial charge in [0.1, 0.15) is 12.4 Å². The number of nitrogens with zero attached hydrogens (tertiary/aromatic N) is 3. The predicted octanol–water partition coefficient (Wildman–Crippen LogP) is 3.09. The zero-order chi connectivity index (χ0) is 14.8. The number of alkyl halides is 1. The highest BCUT2D eigenvalue weighted by Gasteiger charge is 2.20. The summed E-state index contributed by atoms with van der Waals surface area (Å²) in [7, 11) is 0. The molecular weight excluding hydrogens is 309 g/mol. The Kier molecular flexibility index (Phi) is 4.36. The molecule has 0 unspecified atom stereocenters. The molecule has 1 saturated heterocycles. The number of amides is 1. The van der Waals surface area contributed by atoms with E-state index in [1.165, 1.54) is 0 Å². The number of hydrogen-bond acceptors (Lipinski definition) is 2. The number of hydrogen-bond donors (Lipinski definition) is 0. The Morgan fingerprint density at radius 2 is 2.05 bits per heavy atom. The first-order chi connectivity index (χ1) is 10.2. The van der Waals surface area contributed by atoms with Crippen molar-refractivity contribution in [2.24, 2.45) is 0 Å². The van der Waals surface area contributed by atoms with Crippen molar-refractivity contribution in [3.05, 3.63) is 29.0 Å². The smallest absolute Gasteiger partial charge is 0.242 e. The van der Waals surface area contributed by atoms with E-state index in [9.17, 15) is 4.79 Å². The quantitative estimate of drug-likeness (QED) is 0.810. The first kappa shape index (κ1) is 14.7. The van der Waals surface area contributed by atoms with Crippen LogP contribution in [0.1, 0.15) is 18.7 Å². The number of imidazole rings is 1. The summed E-state index contributed by atoms with van der Waals surface area (Å²) in [6.45, 7) is 2.02. The normalized spacial score (nSPS) is 15.0. The van der Waals surface area contributed by atoms with E-state index in [-0.39, 0.29) is 5.91 Å². The van der Waals surface area contributed by atoms with Crippen LogP contribution in [0.15, 0.2) is 18.2 Å². The molecule has 4 nitrogen and oxygen atoms in total. The van der Waals surface area contributed by atoms with Gasteiger partial charge in [0.15, 0.2) is 0 Å². The molecule has 21 heavy (non-hydrogen) atoms. The lowest BCUT2D eigenvalue weighted by Gasteiger charge is -2.17. The molecule has 1 amide bonds. The summed E-state index contributed by atoms with van der Waals surface area (Å²) in [5.74, 6) is 1.46. The molecule has 1 aromatic carbocycles. The number of halogens is 2. The van der Waals surface area contributed by atoms with Crippen molar-refractivity contribution in [2.75, 3.05) is 19.0 Å². The molecule has 0 aliphatic carbocycles. The molecule has 112 valence electrons. The maximum absolute atomic E-state index is 12.4. The van der Waals surface area contributed by atoms with Gasteiger partial charge >= 0.3 is 0 Å². The third-order valence-corrected chi connectivity index (χ3v) is 4.28. The number of carbonyl (C=O) groups is 1. The van der Waals surface area contributed by atoms with Crippen LogP contribution >= 0.6 is 23.2 Å². The summed E-state index contributed by atoms with van der Waals surface area (Å²) in [6.07, 6.45) is 2.83. The molecule has 3 rings (SSSR count). The molecular formula is C15H17Cl2N3O. The van der Waals surface area contributed by atoms with Crippen LogP contribution in [0.2, 0.25) is 5.02 Å². The first-order valence-electron chi connectivity index (χ1n) is 7.17. The van der Waals surface area contributed by atoms with Crippen molar-refractivity contribution < 1.29 is 4.79 Å². The minimum atomic E-state index is 0.141. The summed E-state index contributed by atoms with van der Waals surface area (Å²) in [4.78, 5) is 18.9. The second-order valence-electron chi connectivity index (χ2n) is 5.27. The van der Waals surface area contributed by atoms with Crippen molar-refractivity contribution in [3.63, 3.8) is 0 Å². The van der Waals surface area contributed by atoms with E-state index in [1.807, 2.05) is 27.7 Å². The highest BCUT2D eigenvalue weighted by Crippen LogP contribution is 2.22. The lowest BCUT2D eigenvalue weighted by atomic mass is 10.3. The predicted molar refractivity (Wildman–Crippen MR) is 85.0 cm³/mol. The Labute approximate surface area is 133 Å². The number of carbonyl (C=O) groups excluding carboxylic acids is 1. The molecule has 1 fully saturated rings. The van der Waals surface area contributed by atoms with Crippen molar-refractivity contribution >= 4 is 40.1 Å². The molecule has 1 aliphatic rings. The third kappa shape index (κ3) is 3.01. The molecule has 2 heterocycles. The van der Waals surface area contributed by atoms with Crippen molar-refractivity contribution in [2.45, 2.75) is 25.8 Å². The van der Waals surface area contributed by atoms with Gasteiger partial charge in [-0.05, 0) is 31.0 Å². The molecule has 0 radical (unpaired) electrons. The monoisotopic (exact) mass is 325 g/mol. The van der Waals surface area contributed by atoms with Crippen LogP contribution in [0.25, 0.3) is 11.0 Å². The lowest BCUT2D eigenvalue weighted by molar-refractivity contribution is -0.130. The number of fused-ring (bicyclic) bond motifs is 1. The molecule has 0 spiro atoms. The van der Waals surface area contributed by atoms with Gasteiger partial charge in [-0.15, -0.1) is 11.6 Å². The Bertz CT molecular complexity index is 662. The van der Waals surface area contributed by atoms with Crippen molar-refractivity contribution in [1.29, 1.82) is 0 Å². The highest BCUT2D eigenvalue weighted by atomic mass is 35.5. The molecule has 0 atom stereocenters. The summed E-state index contributed by atoms with van der Waals surface area (Å²) in [5, 5.41) is 0.648. The first-order valence-corrected chi connectivity index (χ1v) is 8.08. The molecule has 6 heteroatoms. The van der Waals surface area contributed by atoms with Gasteiger partial charge in [-0.3, -0.25) is 4.79 Å². The fourth-order valence-electron chi connectivity index (χ4n) is 2.80. The fraction of sp³-hybridized carbons (Fsp3) is 0.467. The van der Waals surface area contributed by atoms with Gasteiger partial charge in [-0.1, -0.05) is 11.6 Å². The molecule has 1 aliphatic heterocycles. The third-order valence-electron chi connectivity index (χ3n) is 3.86. The average molecular weight is 326 g/mol. The Morgan fingerprint density at radius 1 is 1.29 bits per heavy atom. The van der Waals surface area contributed by atoms with Gasteiger partial charge < -0.3 is 9.47 Å². The average Bonchev–Trinajstić information content (AvgIpc) is 3.09. The summed E-state index contributed by atoms with van der Waals surface area (Å²) in [6, 6.07) is 5.55. The van der Waals surface area contributed by atoms with Crippen LogP contribution < -0.4 is 0 Å². The van der Waals surface area contributed by atoms with E-state index in [2.05, 4.69) is 4.98 Å². The summed E-state index contributed by atoms with van der Waals surface area (Å²) >= 11 is 11.9. The molecule has 0 bridgehead atoms. The number of benzene rings is 1. The number of rotatable bonds is 4. The van der Waals surface area contributed by atoms with Crippen LogP contribution in [0.3, 0.4) is 0 Å². The minimum absolute atomic E-state index is 0.141. The number of likely N-dealkylation sites (tertiary alicyclic amines) is 1. The maximum atomic E-state index is 12.4. The SMILES string of the molecule is O=C(Cn1c(CCCl)nc2ccc(Cl)cc21)N1CCCC1. The van der Waals surface area contributed by atoms with Gasteiger partial charge in [-0.2, -0.15) is 0 Å². The second-order valence-corrected chi connectivity index (χ2v) is 6.09. The molecule has 2 aromatic rings. The maximum Gasteiger partial charge on any atom is 0.242 e. The Hall–Kier alpha value is -1.26. The van der Waals surface area contributed by atoms with Crippen LogP contribution in [-0.2, 0) is 17.8 Å². The van der Waals surface area contributed by atoms with Crippen LogP contribution in [0.5, 0.6) is 0 Å². The van der Waals surface area contributed by atoms with E-state index in [1.54, 1.807) is 0 Å². The highest BCUT2D eigenvalue weighted by molar-refractivity contribution is 6.31. The van der Waals surface area contributed by atoms with E-state index >= 15 is 0 Å². The van der Waals surface area contributed by atoms with E-state index in [4.69, 9.17) is 23.2 Å². The zero-order valence-electron chi connectivity index (χ0n) is 11.7. The standard InChI is InChI=1S/C15H17Cl2N3O/c16-6-5-14-18-12-4-3-11(17)9-13(12)20(14)10-15(21)19-7-1-2-8-19/h3-4,9H,1-2,5-8,10H2. The largest absolute Gasteiger partial charge is 0.341 e. The van der Waals surface area contributed by atoms with Gasteiger partial charge in [0.2, 0.25) is 5.91 Å². The van der Waals surface area contributed by atoms with Crippen molar-refractivity contribution in [3.8, 4) is 0 Å². The van der Waals surface area contributed by atoms with Gasteiger partial charge in [-0.25, -0.2) is 4.98 Å². The summed E-state index contributed by atoms with van der Waals surface area (Å²) < 4.78 is 1.95.